The summed E-state index contributed by atoms with van der Waals surface area (Å²) in [5.74, 6) is -1.33. The van der Waals surface area contributed by atoms with E-state index in [1.807, 2.05) is 32.0 Å². The molecule has 0 bridgehead atoms. The lowest BCUT2D eigenvalue weighted by molar-refractivity contribution is 0.102. The lowest BCUT2D eigenvalue weighted by Crippen LogP contribution is -2.14. The molecule has 0 saturated heterocycles. The van der Waals surface area contributed by atoms with Crippen molar-refractivity contribution in [2.24, 2.45) is 0 Å². The second kappa shape index (κ2) is 6.67. The first-order valence-corrected chi connectivity index (χ1v) is 8.31. The largest absolute Gasteiger partial charge is 0.296 e. The number of carbonyl (C=O) groups excluding carboxylic acids is 1. The molecule has 7 heteroatoms. The Kier molecular flexibility index (Phi) is 4.59. The number of aryl methyl sites for hydroxylation is 2. The number of halogens is 2. The van der Waals surface area contributed by atoms with Gasteiger partial charge in [-0.15, -0.1) is 10.2 Å². The highest BCUT2D eigenvalue weighted by molar-refractivity contribution is 7.18. The number of aromatic nitrogens is 2. The van der Waals surface area contributed by atoms with Gasteiger partial charge in [-0.25, -0.2) is 4.39 Å². The molecule has 0 unspecified atom stereocenters. The number of hydrogen-bond acceptors (Lipinski definition) is 4. The summed E-state index contributed by atoms with van der Waals surface area (Å²) in [5, 5.41) is 11.6. The zero-order valence-electron chi connectivity index (χ0n) is 12.9. The number of carbonyl (C=O) groups is 1. The predicted molar refractivity (Wildman–Crippen MR) is 94.2 cm³/mol. The highest BCUT2D eigenvalue weighted by Gasteiger charge is 2.18. The number of nitrogens with zero attached hydrogens (tertiary/aromatic N) is 2. The van der Waals surface area contributed by atoms with Gasteiger partial charge in [-0.1, -0.05) is 52.8 Å². The zero-order chi connectivity index (χ0) is 17.3. The number of nitrogens with one attached hydrogen (secondary N) is 1. The van der Waals surface area contributed by atoms with Crippen LogP contribution in [-0.2, 0) is 0 Å². The van der Waals surface area contributed by atoms with E-state index >= 15 is 0 Å². The lowest BCUT2D eigenvalue weighted by Gasteiger charge is -2.04. The Labute approximate surface area is 147 Å². The zero-order valence-corrected chi connectivity index (χ0v) is 14.5. The summed E-state index contributed by atoms with van der Waals surface area (Å²) in [6, 6.07) is 10.1. The molecule has 4 nitrogen and oxygen atoms in total. The number of hydrogen-bond donors (Lipinski definition) is 1. The smallest absolute Gasteiger partial charge is 0.261 e. The van der Waals surface area contributed by atoms with Gasteiger partial charge >= 0.3 is 0 Å². The van der Waals surface area contributed by atoms with Gasteiger partial charge in [0.05, 0.1) is 10.6 Å². The molecular weight excluding hydrogens is 349 g/mol. The fraction of sp³-hybridized carbons (Fsp3) is 0.118. The van der Waals surface area contributed by atoms with E-state index in [4.69, 9.17) is 11.6 Å². The van der Waals surface area contributed by atoms with Gasteiger partial charge in [-0.2, -0.15) is 0 Å². The maximum absolute atomic E-state index is 13.8. The van der Waals surface area contributed by atoms with Crippen LogP contribution in [0.2, 0.25) is 5.02 Å². The maximum Gasteiger partial charge on any atom is 0.261 e. The third-order valence-corrected chi connectivity index (χ3v) is 4.63. The average Bonchev–Trinajstić information content (AvgIpc) is 2.95. The Bertz CT molecular complexity index is 906. The summed E-state index contributed by atoms with van der Waals surface area (Å²) < 4.78 is 13.8. The molecule has 122 valence electrons. The Morgan fingerprint density at radius 3 is 2.71 bits per heavy atom. The minimum Gasteiger partial charge on any atom is -0.296 e. The van der Waals surface area contributed by atoms with Crippen molar-refractivity contribution in [3.63, 3.8) is 0 Å². The van der Waals surface area contributed by atoms with Gasteiger partial charge in [0.1, 0.15) is 10.8 Å². The van der Waals surface area contributed by atoms with Crippen molar-refractivity contribution < 1.29 is 9.18 Å². The van der Waals surface area contributed by atoms with Crippen molar-refractivity contribution in [3.8, 4) is 10.6 Å². The minimum atomic E-state index is -0.681. The third-order valence-electron chi connectivity index (χ3n) is 3.45. The fourth-order valence-electron chi connectivity index (χ4n) is 2.31. The van der Waals surface area contributed by atoms with Crippen molar-refractivity contribution in [2.75, 3.05) is 5.32 Å². The van der Waals surface area contributed by atoms with Crippen molar-refractivity contribution in [1.82, 2.24) is 10.2 Å². The lowest BCUT2D eigenvalue weighted by atomic mass is 10.1. The van der Waals surface area contributed by atoms with Crippen LogP contribution in [0.15, 0.2) is 36.4 Å². The molecule has 0 aliphatic carbocycles. The van der Waals surface area contributed by atoms with Crippen molar-refractivity contribution >= 4 is 34.0 Å². The second-order valence-corrected chi connectivity index (χ2v) is 6.67. The van der Waals surface area contributed by atoms with E-state index in [9.17, 15) is 9.18 Å². The van der Waals surface area contributed by atoms with Gasteiger partial charge in [-0.3, -0.25) is 10.1 Å². The van der Waals surface area contributed by atoms with Crippen LogP contribution in [-0.4, -0.2) is 16.1 Å². The average molecular weight is 362 g/mol. The number of benzene rings is 2. The maximum atomic E-state index is 13.8. The predicted octanol–water partition coefficient (Wildman–Crippen LogP) is 4.87. The Balaban J connectivity index is 1.85. The van der Waals surface area contributed by atoms with E-state index in [1.54, 1.807) is 0 Å². The molecule has 1 amide bonds. The van der Waals surface area contributed by atoms with Crippen LogP contribution >= 0.6 is 22.9 Å². The van der Waals surface area contributed by atoms with E-state index in [1.165, 1.54) is 29.5 Å². The summed E-state index contributed by atoms with van der Waals surface area (Å²) in [6.07, 6.45) is 0. The Morgan fingerprint density at radius 2 is 2.00 bits per heavy atom. The number of amides is 1. The molecule has 24 heavy (non-hydrogen) atoms. The van der Waals surface area contributed by atoms with Gasteiger partial charge in [0.25, 0.3) is 5.91 Å². The normalized spacial score (nSPS) is 10.7. The minimum absolute atomic E-state index is 0.0478. The first-order valence-electron chi connectivity index (χ1n) is 7.12. The van der Waals surface area contributed by atoms with Crippen LogP contribution in [0.5, 0.6) is 0 Å². The summed E-state index contributed by atoms with van der Waals surface area (Å²) in [6.45, 7) is 4.00. The van der Waals surface area contributed by atoms with Gasteiger partial charge in [0, 0.05) is 5.56 Å². The molecular formula is C17H13ClFN3OS. The monoisotopic (exact) mass is 361 g/mol. The summed E-state index contributed by atoms with van der Waals surface area (Å²) in [7, 11) is 0. The van der Waals surface area contributed by atoms with Crippen LogP contribution in [0.25, 0.3) is 10.6 Å². The molecule has 0 aliphatic rings. The molecule has 0 spiro atoms. The number of anilines is 1. The van der Waals surface area contributed by atoms with Crippen LogP contribution < -0.4 is 5.32 Å². The number of rotatable bonds is 3. The van der Waals surface area contributed by atoms with Gasteiger partial charge in [0.2, 0.25) is 5.13 Å². The molecule has 1 aromatic heterocycles. The van der Waals surface area contributed by atoms with E-state index in [2.05, 4.69) is 15.5 Å². The van der Waals surface area contributed by atoms with Gasteiger partial charge < -0.3 is 0 Å². The molecule has 3 aromatic rings. The highest BCUT2D eigenvalue weighted by atomic mass is 35.5. The summed E-state index contributed by atoms with van der Waals surface area (Å²) in [5.41, 5.74) is 2.97. The topological polar surface area (TPSA) is 54.9 Å². The first kappa shape index (κ1) is 16.5. The van der Waals surface area contributed by atoms with Crippen molar-refractivity contribution in [3.05, 3.63) is 63.9 Å². The quantitative estimate of drug-likeness (QED) is 0.724. The van der Waals surface area contributed by atoms with Gasteiger partial charge in [-0.05, 0) is 31.5 Å². The Morgan fingerprint density at radius 1 is 1.21 bits per heavy atom. The van der Waals surface area contributed by atoms with Crippen LogP contribution in [0.1, 0.15) is 21.5 Å². The fourth-order valence-corrected chi connectivity index (χ4v) is 3.39. The van der Waals surface area contributed by atoms with E-state index in [-0.39, 0.29) is 15.7 Å². The first-order chi connectivity index (χ1) is 11.5. The SMILES string of the molecule is Cc1ccc(-c2nnc(NC(=O)c3c(F)cccc3Cl)s2)c(C)c1. The summed E-state index contributed by atoms with van der Waals surface area (Å²) in [4.78, 5) is 12.2. The van der Waals surface area contributed by atoms with Gasteiger partial charge in [0.15, 0.2) is 0 Å². The molecule has 0 aliphatic heterocycles. The molecule has 0 fully saturated rings. The van der Waals surface area contributed by atoms with Crippen LogP contribution in [0.4, 0.5) is 9.52 Å². The molecule has 0 radical (unpaired) electrons. The molecule has 0 atom stereocenters. The molecule has 2 aromatic carbocycles. The third kappa shape index (κ3) is 3.29. The highest BCUT2D eigenvalue weighted by Crippen LogP contribution is 2.30. The molecule has 1 N–H and O–H groups in total. The standard InChI is InChI=1S/C17H13ClFN3OS/c1-9-6-7-11(10(2)8-9)16-21-22-17(24-16)20-15(23)14-12(18)4-3-5-13(14)19/h3-8H,1-2H3,(H,20,22,23). The summed E-state index contributed by atoms with van der Waals surface area (Å²) >= 11 is 7.11. The van der Waals surface area contributed by atoms with Crippen LogP contribution in [0, 0.1) is 19.7 Å². The van der Waals surface area contributed by atoms with E-state index < -0.39 is 11.7 Å². The molecule has 1 heterocycles. The van der Waals surface area contributed by atoms with E-state index in [0.717, 1.165) is 16.7 Å². The Hall–Kier alpha value is -2.31. The van der Waals surface area contributed by atoms with E-state index in [0.29, 0.717) is 5.01 Å². The molecule has 0 saturated carbocycles. The molecule has 3 rings (SSSR count). The van der Waals surface area contributed by atoms with Crippen LogP contribution in [0.3, 0.4) is 0 Å². The van der Waals surface area contributed by atoms with Crippen molar-refractivity contribution in [1.29, 1.82) is 0 Å². The second-order valence-electron chi connectivity index (χ2n) is 5.28. The van der Waals surface area contributed by atoms with Crippen molar-refractivity contribution in [2.45, 2.75) is 13.8 Å².